The van der Waals surface area contributed by atoms with Crippen molar-refractivity contribution in [1.29, 1.82) is 0 Å². The van der Waals surface area contributed by atoms with Gasteiger partial charge in [-0.1, -0.05) is 24.3 Å². The van der Waals surface area contributed by atoms with Crippen LogP contribution >= 0.6 is 0 Å². The first-order valence-corrected chi connectivity index (χ1v) is 6.79. The SMILES string of the molecule is COC(=O)[C@@H](O)C(OC)(c1ccc(F)cc1)c1ccc(F)cc1. The van der Waals surface area contributed by atoms with Gasteiger partial charge < -0.3 is 14.6 Å². The van der Waals surface area contributed by atoms with E-state index in [-0.39, 0.29) is 0 Å². The monoisotopic (exact) mass is 322 g/mol. The van der Waals surface area contributed by atoms with Crippen molar-refractivity contribution in [3.05, 3.63) is 71.3 Å². The average Bonchev–Trinajstić information content (AvgIpc) is 2.58. The molecule has 0 unspecified atom stereocenters. The van der Waals surface area contributed by atoms with E-state index in [1.807, 2.05) is 0 Å². The molecule has 0 aromatic heterocycles. The van der Waals surface area contributed by atoms with E-state index in [4.69, 9.17) is 4.74 Å². The lowest BCUT2D eigenvalue weighted by atomic mass is 9.81. The average molecular weight is 322 g/mol. The zero-order valence-corrected chi connectivity index (χ0v) is 12.6. The van der Waals surface area contributed by atoms with Crippen LogP contribution < -0.4 is 0 Å². The number of aliphatic hydroxyl groups is 1. The summed E-state index contributed by atoms with van der Waals surface area (Å²) in [6.45, 7) is 0. The molecule has 0 bridgehead atoms. The third-order valence-corrected chi connectivity index (χ3v) is 3.68. The van der Waals surface area contributed by atoms with Crippen molar-refractivity contribution in [2.45, 2.75) is 11.7 Å². The van der Waals surface area contributed by atoms with E-state index in [0.29, 0.717) is 11.1 Å². The largest absolute Gasteiger partial charge is 0.467 e. The summed E-state index contributed by atoms with van der Waals surface area (Å²) < 4.78 is 36.5. The molecule has 2 aromatic carbocycles. The molecule has 0 aliphatic carbocycles. The maximum absolute atomic E-state index is 13.2. The summed E-state index contributed by atoms with van der Waals surface area (Å²) in [5.74, 6) is -1.89. The maximum atomic E-state index is 13.2. The van der Waals surface area contributed by atoms with E-state index in [1.54, 1.807) is 0 Å². The third-order valence-electron chi connectivity index (χ3n) is 3.68. The molecule has 0 radical (unpaired) electrons. The number of carbonyl (C=O) groups excluding carboxylic acids is 1. The lowest BCUT2D eigenvalue weighted by Gasteiger charge is -2.36. The van der Waals surface area contributed by atoms with Crippen molar-refractivity contribution < 1.29 is 28.2 Å². The fraction of sp³-hybridized carbons (Fsp3) is 0.235. The highest BCUT2D eigenvalue weighted by molar-refractivity contribution is 5.77. The van der Waals surface area contributed by atoms with Crippen molar-refractivity contribution in [3.8, 4) is 0 Å². The second-order valence-corrected chi connectivity index (χ2v) is 4.88. The van der Waals surface area contributed by atoms with Crippen LogP contribution in [0.2, 0.25) is 0 Å². The third kappa shape index (κ3) is 3.09. The lowest BCUT2D eigenvalue weighted by Crippen LogP contribution is -2.47. The fourth-order valence-electron chi connectivity index (χ4n) is 2.50. The van der Waals surface area contributed by atoms with Gasteiger partial charge in [0.15, 0.2) is 11.7 Å². The minimum atomic E-state index is -1.73. The number of carbonyl (C=O) groups is 1. The molecule has 1 N–H and O–H groups in total. The number of rotatable bonds is 5. The highest BCUT2D eigenvalue weighted by Crippen LogP contribution is 2.37. The number of ether oxygens (including phenoxy) is 2. The summed E-state index contributed by atoms with van der Waals surface area (Å²) in [4.78, 5) is 11.9. The molecule has 0 saturated carbocycles. The Labute approximate surface area is 132 Å². The first-order chi connectivity index (χ1) is 11.0. The van der Waals surface area contributed by atoms with E-state index in [0.717, 1.165) is 7.11 Å². The molecule has 2 aromatic rings. The van der Waals surface area contributed by atoms with Gasteiger partial charge in [-0.3, -0.25) is 0 Å². The second kappa shape index (κ2) is 6.85. The predicted octanol–water partition coefficient (Wildman–Crippen LogP) is 2.39. The smallest absolute Gasteiger partial charge is 0.338 e. The Morgan fingerprint density at radius 1 is 0.957 bits per heavy atom. The normalized spacial score (nSPS) is 12.7. The summed E-state index contributed by atoms with van der Waals surface area (Å²) >= 11 is 0. The van der Waals surface area contributed by atoms with E-state index in [1.165, 1.54) is 55.6 Å². The standard InChI is InChI=1S/C17H16F2O4/c1-22-16(21)15(20)17(23-2,11-3-7-13(18)8-4-11)12-5-9-14(19)10-6-12/h3-10,15,20H,1-2H3/t15-/m1/s1. The van der Waals surface area contributed by atoms with Gasteiger partial charge in [-0.25, -0.2) is 13.6 Å². The molecule has 0 heterocycles. The minimum Gasteiger partial charge on any atom is -0.467 e. The molecule has 0 fully saturated rings. The Kier molecular flexibility index (Phi) is 5.08. The van der Waals surface area contributed by atoms with Crippen molar-refractivity contribution in [1.82, 2.24) is 0 Å². The number of methoxy groups -OCH3 is 2. The molecule has 23 heavy (non-hydrogen) atoms. The van der Waals surface area contributed by atoms with Gasteiger partial charge in [-0.05, 0) is 35.4 Å². The van der Waals surface area contributed by atoms with Crippen molar-refractivity contribution in [3.63, 3.8) is 0 Å². The van der Waals surface area contributed by atoms with Crippen LogP contribution in [0.25, 0.3) is 0 Å². The molecule has 2 rings (SSSR count). The van der Waals surface area contributed by atoms with Crippen molar-refractivity contribution >= 4 is 5.97 Å². The summed E-state index contributed by atoms with van der Waals surface area (Å²) in [5.41, 5.74) is -1.01. The van der Waals surface area contributed by atoms with Gasteiger partial charge in [0.05, 0.1) is 7.11 Å². The maximum Gasteiger partial charge on any atom is 0.338 e. The molecule has 122 valence electrons. The van der Waals surface area contributed by atoms with Gasteiger partial charge in [0.1, 0.15) is 11.6 Å². The zero-order valence-electron chi connectivity index (χ0n) is 12.6. The highest BCUT2D eigenvalue weighted by Gasteiger charge is 2.46. The Balaban J connectivity index is 2.67. The summed E-state index contributed by atoms with van der Waals surface area (Å²) in [6.07, 6.45) is -1.73. The first kappa shape index (κ1) is 17.1. The van der Waals surface area contributed by atoms with Crippen molar-refractivity contribution in [2.24, 2.45) is 0 Å². The highest BCUT2D eigenvalue weighted by atomic mass is 19.1. The number of halogens is 2. The number of benzene rings is 2. The quantitative estimate of drug-likeness (QED) is 0.859. The lowest BCUT2D eigenvalue weighted by molar-refractivity contribution is -0.167. The van der Waals surface area contributed by atoms with Gasteiger partial charge in [0.2, 0.25) is 0 Å². The van der Waals surface area contributed by atoms with E-state index in [9.17, 15) is 18.7 Å². The van der Waals surface area contributed by atoms with Crippen LogP contribution in [0.15, 0.2) is 48.5 Å². The van der Waals surface area contributed by atoms with E-state index in [2.05, 4.69) is 4.74 Å². The molecular formula is C17H16F2O4. The van der Waals surface area contributed by atoms with Gasteiger partial charge in [-0.2, -0.15) is 0 Å². The number of hydrogen-bond acceptors (Lipinski definition) is 4. The van der Waals surface area contributed by atoms with Crippen LogP contribution in [0.4, 0.5) is 8.78 Å². The van der Waals surface area contributed by atoms with Gasteiger partial charge in [0, 0.05) is 7.11 Å². The van der Waals surface area contributed by atoms with Crippen LogP contribution in [0.3, 0.4) is 0 Å². The minimum absolute atomic E-state index is 0.325. The van der Waals surface area contributed by atoms with Crippen LogP contribution in [0, 0.1) is 11.6 Å². The molecule has 0 spiro atoms. The Bertz CT molecular complexity index is 622. The number of esters is 1. The fourth-order valence-corrected chi connectivity index (χ4v) is 2.50. The molecule has 0 amide bonds. The topological polar surface area (TPSA) is 55.8 Å². The van der Waals surface area contributed by atoms with Crippen molar-refractivity contribution in [2.75, 3.05) is 14.2 Å². The Hall–Kier alpha value is -2.31. The molecule has 0 saturated heterocycles. The molecule has 4 nitrogen and oxygen atoms in total. The van der Waals surface area contributed by atoms with Crippen LogP contribution in [-0.4, -0.2) is 31.4 Å². The summed E-state index contributed by atoms with van der Waals surface area (Å²) in [6, 6.07) is 10.2. The molecule has 0 aliphatic heterocycles. The summed E-state index contributed by atoms with van der Waals surface area (Å²) in [5, 5.41) is 10.5. The van der Waals surface area contributed by atoms with Crippen LogP contribution in [0.1, 0.15) is 11.1 Å². The second-order valence-electron chi connectivity index (χ2n) is 4.88. The molecule has 0 aliphatic rings. The Morgan fingerprint density at radius 2 is 1.35 bits per heavy atom. The number of hydrogen-bond donors (Lipinski definition) is 1. The predicted molar refractivity (Wildman–Crippen MR) is 78.6 cm³/mol. The summed E-state index contributed by atoms with van der Waals surface area (Å²) in [7, 11) is 2.42. The Morgan fingerprint density at radius 3 is 1.65 bits per heavy atom. The van der Waals surface area contributed by atoms with Crippen LogP contribution in [-0.2, 0) is 19.9 Å². The first-order valence-electron chi connectivity index (χ1n) is 6.79. The molecule has 1 atom stereocenters. The van der Waals surface area contributed by atoms with Crippen LogP contribution in [0.5, 0.6) is 0 Å². The number of aliphatic hydroxyl groups excluding tert-OH is 1. The van der Waals surface area contributed by atoms with Gasteiger partial charge >= 0.3 is 5.97 Å². The van der Waals surface area contributed by atoms with E-state index < -0.39 is 29.3 Å². The van der Waals surface area contributed by atoms with Gasteiger partial charge in [-0.15, -0.1) is 0 Å². The molecular weight excluding hydrogens is 306 g/mol. The van der Waals surface area contributed by atoms with Gasteiger partial charge in [0.25, 0.3) is 0 Å². The molecule has 6 heteroatoms. The van der Waals surface area contributed by atoms with E-state index >= 15 is 0 Å². The zero-order chi connectivity index (χ0) is 17.0.